The van der Waals surface area contributed by atoms with E-state index >= 15 is 0 Å². The van der Waals surface area contributed by atoms with Gasteiger partial charge in [-0.05, 0) is 48.9 Å². The maximum Gasteiger partial charge on any atom is 0.293 e. The monoisotopic (exact) mass is 430 g/mol. The number of carbonyl (C=O) groups excluding carboxylic acids is 2. The highest BCUT2D eigenvalue weighted by Gasteiger charge is 2.41. The molecule has 5 rings (SSSR count). The van der Waals surface area contributed by atoms with Crippen molar-refractivity contribution in [3.63, 3.8) is 0 Å². The molecular weight excluding hydrogens is 404 g/mol. The molecule has 2 amide bonds. The SMILES string of the molecule is O=C(Nc1ccccc1)c1nnc2n1CC[C@@]1(CC2)CCN(C(=O)Cc2ccccn2)C1. The highest BCUT2D eigenvalue weighted by molar-refractivity contribution is 6.01. The van der Waals surface area contributed by atoms with Crippen LogP contribution in [0.2, 0.25) is 0 Å². The Labute approximate surface area is 186 Å². The molecule has 0 unspecified atom stereocenters. The Morgan fingerprint density at radius 2 is 1.78 bits per heavy atom. The molecule has 0 saturated carbocycles. The molecule has 0 bridgehead atoms. The fraction of sp³-hybridized carbons (Fsp3) is 0.375. The van der Waals surface area contributed by atoms with Crippen molar-refractivity contribution in [1.29, 1.82) is 0 Å². The van der Waals surface area contributed by atoms with Crippen LogP contribution in [0.4, 0.5) is 5.69 Å². The summed E-state index contributed by atoms with van der Waals surface area (Å²) in [7, 11) is 0. The van der Waals surface area contributed by atoms with Crippen molar-refractivity contribution in [2.24, 2.45) is 5.41 Å². The summed E-state index contributed by atoms with van der Waals surface area (Å²) in [5.74, 6) is 1.08. The Kier molecular flexibility index (Phi) is 5.43. The van der Waals surface area contributed by atoms with Crippen LogP contribution in [0.1, 0.15) is 41.4 Å². The number of carbonyl (C=O) groups is 2. The minimum Gasteiger partial charge on any atom is -0.342 e. The van der Waals surface area contributed by atoms with Gasteiger partial charge in [-0.15, -0.1) is 10.2 Å². The molecule has 8 nitrogen and oxygen atoms in total. The molecule has 1 atom stereocenters. The molecule has 4 heterocycles. The summed E-state index contributed by atoms with van der Waals surface area (Å²) in [6.45, 7) is 2.21. The summed E-state index contributed by atoms with van der Waals surface area (Å²) in [6.07, 6.45) is 5.64. The van der Waals surface area contributed by atoms with Crippen molar-refractivity contribution in [1.82, 2.24) is 24.6 Å². The number of hydrogen-bond donors (Lipinski definition) is 1. The number of amides is 2. The van der Waals surface area contributed by atoms with E-state index in [1.807, 2.05) is 58.0 Å². The Morgan fingerprint density at radius 1 is 0.969 bits per heavy atom. The topological polar surface area (TPSA) is 93.0 Å². The zero-order valence-corrected chi connectivity index (χ0v) is 17.9. The Morgan fingerprint density at radius 3 is 2.59 bits per heavy atom. The van der Waals surface area contributed by atoms with E-state index in [4.69, 9.17) is 0 Å². The molecular formula is C24H26N6O2. The van der Waals surface area contributed by atoms with E-state index in [1.54, 1.807) is 6.20 Å². The molecule has 8 heteroatoms. The molecule has 0 radical (unpaired) electrons. The molecule has 0 aliphatic carbocycles. The number of anilines is 1. The molecule has 1 saturated heterocycles. The normalized spacial score (nSPS) is 20.1. The third kappa shape index (κ3) is 4.12. The van der Waals surface area contributed by atoms with E-state index < -0.39 is 0 Å². The summed E-state index contributed by atoms with van der Waals surface area (Å²) < 4.78 is 1.95. The highest BCUT2D eigenvalue weighted by Crippen LogP contribution is 2.41. The molecule has 2 aliphatic rings. The fourth-order valence-corrected chi connectivity index (χ4v) is 4.81. The van der Waals surface area contributed by atoms with Crippen LogP contribution in [0.25, 0.3) is 0 Å². The van der Waals surface area contributed by atoms with Gasteiger partial charge in [0.05, 0.1) is 6.42 Å². The summed E-state index contributed by atoms with van der Waals surface area (Å²) >= 11 is 0. The van der Waals surface area contributed by atoms with E-state index in [2.05, 4.69) is 20.5 Å². The number of aryl methyl sites for hydroxylation is 1. The smallest absolute Gasteiger partial charge is 0.293 e. The van der Waals surface area contributed by atoms with E-state index in [0.29, 0.717) is 18.8 Å². The number of fused-ring (bicyclic) bond motifs is 1. The van der Waals surface area contributed by atoms with Gasteiger partial charge in [-0.3, -0.25) is 14.6 Å². The number of nitrogens with one attached hydrogen (secondary N) is 1. The van der Waals surface area contributed by atoms with Gasteiger partial charge in [-0.1, -0.05) is 24.3 Å². The van der Waals surface area contributed by atoms with Gasteiger partial charge in [0.2, 0.25) is 11.7 Å². The van der Waals surface area contributed by atoms with Crippen LogP contribution in [0.3, 0.4) is 0 Å². The van der Waals surface area contributed by atoms with Gasteiger partial charge in [-0.2, -0.15) is 0 Å². The number of aromatic nitrogens is 4. The number of para-hydroxylation sites is 1. The predicted octanol–water partition coefficient (Wildman–Crippen LogP) is 2.72. The van der Waals surface area contributed by atoms with E-state index in [-0.39, 0.29) is 17.2 Å². The molecule has 164 valence electrons. The van der Waals surface area contributed by atoms with Crippen LogP contribution in [0.15, 0.2) is 54.7 Å². The maximum absolute atomic E-state index is 12.8. The number of pyridine rings is 1. The van der Waals surface area contributed by atoms with E-state index in [0.717, 1.165) is 56.0 Å². The van der Waals surface area contributed by atoms with Gasteiger partial charge in [-0.25, -0.2) is 0 Å². The second-order valence-corrected chi connectivity index (χ2v) is 8.72. The molecule has 2 aliphatic heterocycles. The largest absolute Gasteiger partial charge is 0.342 e. The number of hydrogen-bond acceptors (Lipinski definition) is 5. The molecule has 32 heavy (non-hydrogen) atoms. The van der Waals surface area contributed by atoms with Gasteiger partial charge in [0.1, 0.15) is 5.82 Å². The minimum atomic E-state index is -0.246. The number of benzene rings is 1. The first-order chi connectivity index (χ1) is 15.6. The third-order valence-corrected chi connectivity index (χ3v) is 6.66. The Hall–Kier alpha value is -3.55. The van der Waals surface area contributed by atoms with Gasteiger partial charge >= 0.3 is 0 Å². The number of rotatable bonds is 4. The zero-order chi connectivity index (χ0) is 22.0. The van der Waals surface area contributed by atoms with Crippen LogP contribution in [0, 0.1) is 5.41 Å². The molecule has 1 spiro atoms. The minimum absolute atomic E-state index is 0.0631. The molecule has 1 N–H and O–H groups in total. The molecule has 1 fully saturated rings. The van der Waals surface area contributed by atoms with Crippen molar-refractivity contribution in [3.8, 4) is 0 Å². The lowest BCUT2D eigenvalue weighted by atomic mass is 9.80. The van der Waals surface area contributed by atoms with Crippen LogP contribution in [-0.2, 0) is 24.2 Å². The van der Waals surface area contributed by atoms with Crippen LogP contribution in [0.5, 0.6) is 0 Å². The van der Waals surface area contributed by atoms with Crippen molar-refractivity contribution >= 4 is 17.5 Å². The lowest BCUT2D eigenvalue weighted by Gasteiger charge is -2.27. The second kappa shape index (κ2) is 8.53. The standard InChI is InChI=1S/C24H26N6O2/c31-21(16-19-8-4-5-13-25-19)29-14-11-24(17-29)10-9-20-27-28-22(30(20)15-12-24)23(32)26-18-6-2-1-3-7-18/h1-8,13H,9-12,14-17H2,(H,26,32)/t24-/m1/s1. The first kappa shape index (κ1) is 20.4. The lowest BCUT2D eigenvalue weighted by Crippen LogP contribution is -2.33. The van der Waals surface area contributed by atoms with Crippen molar-refractivity contribution in [2.75, 3.05) is 18.4 Å². The Balaban J connectivity index is 1.24. The van der Waals surface area contributed by atoms with E-state index in [9.17, 15) is 9.59 Å². The molecule has 3 aromatic rings. The molecule has 2 aromatic heterocycles. The predicted molar refractivity (Wildman–Crippen MR) is 119 cm³/mol. The van der Waals surface area contributed by atoms with Gasteiger partial charge in [0.25, 0.3) is 5.91 Å². The lowest BCUT2D eigenvalue weighted by molar-refractivity contribution is -0.129. The van der Waals surface area contributed by atoms with Crippen molar-refractivity contribution < 1.29 is 9.59 Å². The molecule has 1 aromatic carbocycles. The highest BCUT2D eigenvalue weighted by atomic mass is 16.2. The third-order valence-electron chi connectivity index (χ3n) is 6.66. The zero-order valence-electron chi connectivity index (χ0n) is 17.9. The first-order valence-electron chi connectivity index (χ1n) is 11.1. The summed E-state index contributed by atoms with van der Waals surface area (Å²) in [5, 5.41) is 11.4. The van der Waals surface area contributed by atoms with Crippen LogP contribution < -0.4 is 5.32 Å². The maximum atomic E-state index is 12.8. The number of nitrogens with zero attached hydrogens (tertiary/aromatic N) is 5. The summed E-state index contributed by atoms with van der Waals surface area (Å²) in [6, 6.07) is 15.0. The quantitative estimate of drug-likeness (QED) is 0.687. The van der Waals surface area contributed by atoms with Gasteiger partial charge in [0, 0.05) is 43.6 Å². The van der Waals surface area contributed by atoms with Crippen LogP contribution >= 0.6 is 0 Å². The van der Waals surface area contributed by atoms with Gasteiger partial charge < -0.3 is 14.8 Å². The van der Waals surface area contributed by atoms with Crippen molar-refractivity contribution in [3.05, 3.63) is 72.1 Å². The van der Waals surface area contributed by atoms with E-state index in [1.165, 1.54) is 0 Å². The van der Waals surface area contributed by atoms with Crippen molar-refractivity contribution in [2.45, 2.75) is 38.6 Å². The Bertz CT molecular complexity index is 1110. The summed E-state index contributed by atoms with van der Waals surface area (Å²) in [5.41, 5.74) is 1.60. The van der Waals surface area contributed by atoms with Crippen LogP contribution in [-0.4, -0.2) is 49.6 Å². The second-order valence-electron chi connectivity index (χ2n) is 8.72. The first-order valence-corrected chi connectivity index (χ1v) is 11.1. The fourth-order valence-electron chi connectivity index (χ4n) is 4.81. The average molecular weight is 431 g/mol. The summed E-state index contributed by atoms with van der Waals surface area (Å²) in [4.78, 5) is 31.9. The number of likely N-dealkylation sites (tertiary alicyclic amines) is 1. The van der Waals surface area contributed by atoms with Gasteiger partial charge in [0.15, 0.2) is 0 Å². The average Bonchev–Trinajstić information content (AvgIpc) is 3.38.